The van der Waals surface area contributed by atoms with E-state index in [9.17, 15) is 13.2 Å². The summed E-state index contributed by atoms with van der Waals surface area (Å²) in [4.78, 5) is 9.48. The Morgan fingerprint density at radius 2 is 2.18 bits per heavy atom. The molecule has 120 valence electrons. The minimum Gasteiger partial charge on any atom is -0.367 e. The Morgan fingerprint density at radius 1 is 1.41 bits per heavy atom. The lowest BCUT2D eigenvalue weighted by Gasteiger charge is -2.32. The number of rotatable bonds is 2. The van der Waals surface area contributed by atoms with Crippen LogP contribution < -0.4 is 5.73 Å². The first-order valence-electron chi connectivity index (χ1n) is 6.79. The highest BCUT2D eigenvalue weighted by Gasteiger charge is 2.34. The second kappa shape index (κ2) is 5.54. The number of imidazole rings is 1. The zero-order chi connectivity index (χ0) is 15.9. The van der Waals surface area contributed by atoms with E-state index in [1.807, 2.05) is 0 Å². The fourth-order valence-electron chi connectivity index (χ4n) is 2.81. The van der Waals surface area contributed by atoms with Crippen molar-refractivity contribution in [2.45, 2.75) is 24.9 Å². The Balaban J connectivity index is 1.89. The number of nitrogen functional groups attached to an aromatic ring is 1. The summed E-state index contributed by atoms with van der Waals surface area (Å²) in [5, 5.41) is 4.29. The lowest BCUT2D eigenvalue weighted by Crippen LogP contribution is -2.41. The fraction of sp³-hybridized carbons (Fsp3) is 0.583. The second-order valence-corrected chi connectivity index (χ2v) is 5.72. The number of hydrogen-bond acceptors (Lipinski definition) is 5. The van der Waals surface area contributed by atoms with Crippen molar-refractivity contribution in [1.82, 2.24) is 24.5 Å². The largest absolute Gasteiger partial charge is 0.401 e. The first kappa shape index (κ1) is 15.3. The average molecular weight is 335 g/mol. The quantitative estimate of drug-likeness (QED) is 0.910. The Hall–Kier alpha value is -1.61. The SMILES string of the molecule is Nc1ncc2c(Cl)nc(C3CCCN(CC(F)(F)F)C3)n2n1. The van der Waals surface area contributed by atoms with Crippen molar-refractivity contribution in [3.8, 4) is 0 Å². The number of fused-ring (bicyclic) bond motifs is 1. The predicted molar refractivity (Wildman–Crippen MR) is 74.7 cm³/mol. The molecule has 1 aliphatic heterocycles. The predicted octanol–water partition coefficient (Wildman–Crippen LogP) is 2.10. The van der Waals surface area contributed by atoms with Crippen LogP contribution in [0, 0.1) is 0 Å². The molecule has 2 aromatic rings. The first-order chi connectivity index (χ1) is 10.3. The summed E-state index contributed by atoms with van der Waals surface area (Å²) in [6.07, 6.45) is -1.36. The van der Waals surface area contributed by atoms with Gasteiger partial charge in [-0.2, -0.15) is 13.2 Å². The summed E-state index contributed by atoms with van der Waals surface area (Å²) < 4.78 is 39.2. The van der Waals surface area contributed by atoms with E-state index in [1.165, 1.54) is 15.6 Å². The number of piperidine rings is 1. The third-order valence-corrected chi connectivity index (χ3v) is 3.94. The number of anilines is 1. The molecule has 1 atom stereocenters. The molecule has 0 spiro atoms. The maximum absolute atomic E-state index is 12.6. The van der Waals surface area contributed by atoms with E-state index in [2.05, 4.69) is 15.1 Å². The monoisotopic (exact) mass is 334 g/mol. The van der Waals surface area contributed by atoms with Crippen LogP contribution in [0.3, 0.4) is 0 Å². The summed E-state index contributed by atoms with van der Waals surface area (Å²) in [6, 6.07) is 0. The number of nitrogens with zero attached hydrogens (tertiary/aromatic N) is 5. The Labute approximate surface area is 129 Å². The van der Waals surface area contributed by atoms with Gasteiger partial charge in [0.1, 0.15) is 11.3 Å². The van der Waals surface area contributed by atoms with Gasteiger partial charge in [-0.3, -0.25) is 4.90 Å². The molecule has 3 heterocycles. The molecule has 2 aromatic heterocycles. The Kier molecular flexibility index (Phi) is 3.85. The smallest absolute Gasteiger partial charge is 0.367 e. The fourth-order valence-corrected chi connectivity index (χ4v) is 3.03. The maximum atomic E-state index is 12.6. The number of aromatic nitrogens is 4. The zero-order valence-electron chi connectivity index (χ0n) is 11.5. The highest BCUT2D eigenvalue weighted by atomic mass is 35.5. The normalized spacial score (nSPS) is 20.6. The van der Waals surface area contributed by atoms with Crippen LogP contribution in [0.4, 0.5) is 19.1 Å². The van der Waals surface area contributed by atoms with Crippen molar-refractivity contribution in [1.29, 1.82) is 0 Å². The molecular weight excluding hydrogens is 321 g/mol. The summed E-state index contributed by atoms with van der Waals surface area (Å²) in [6.45, 7) is -0.235. The Morgan fingerprint density at radius 3 is 2.91 bits per heavy atom. The van der Waals surface area contributed by atoms with Gasteiger partial charge in [0.2, 0.25) is 5.95 Å². The van der Waals surface area contributed by atoms with Gasteiger partial charge in [-0.1, -0.05) is 11.6 Å². The van der Waals surface area contributed by atoms with Crippen LogP contribution in [0.2, 0.25) is 5.15 Å². The molecule has 1 saturated heterocycles. The van der Waals surface area contributed by atoms with E-state index in [4.69, 9.17) is 17.3 Å². The van der Waals surface area contributed by atoms with Gasteiger partial charge >= 0.3 is 6.18 Å². The molecule has 1 unspecified atom stereocenters. The van der Waals surface area contributed by atoms with Crippen LogP contribution in [0.5, 0.6) is 0 Å². The number of halogens is 4. The van der Waals surface area contributed by atoms with Gasteiger partial charge in [0.05, 0.1) is 12.7 Å². The maximum Gasteiger partial charge on any atom is 0.401 e. The lowest BCUT2D eigenvalue weighted by atomic mass is 9.97. The van der Waals surface area contributed by atoms with Crippen molar-refractivity contribution < 1.29 is 13.2 Å². The molecule has 1 fully saturated rings. The van der Waals surface area contributed by atoms with Crippen molar-refractivity contribution in [2.24, 2.45) is 0 Å². The summed E-state index contributed by atoms with van der Waals surface area (Å²) in [7, 11) is 0. The molecule has 0 aromatic carbocycles. The topological polar surface area (TPSA) is 72.3 Å². The molecule has 6 nitrogen and oxygen atoms in total. The molecular formula is C12H14ClF3N6. The number of alkyl halides is 3. The summed E-state index contributed by atoms with van der Waals surface area (Å²) in [5.74, 6) is 0.414. The third-order valence-electron chi connectivity index (χ3n) is 3.66. The molecule has 10 heteroatoms. The third kappa shape index (κ3) is 3.09. The highest BCUT2D eigenvalue weighted by Crippen LogP contribution is 2.30. The lowest BCUT2D eigenvalue weighted by molar-refractivity contribution is -0.148. The van der Waals surface area contributed by atoms with E-state index in [-0.39, 0.29) is 23.6 Å². The van der Waals surface area contributed by atoms with Gasteiger partial charge in [0, 0.05) is 12.5 Å². The van der Waals surface area contributed by atoms with Crippen LogP contribution in [0.15, 0.2) is 6.20 Å². The van der Waals surface area contributed by atoms with E-state index in [1.54, 1.807) is 0 Å². The van der Waals surface area contributed by atoms with E-state index in [0.717, 1.165) is 6.42 Å². The Bertz CT molecular complexity index is 685. The van der Waals surface area contributed by atoms with E-state index < -0.39 is 12.7 Å². The summed E-state index contributed by atoms with van der Waals surface area (Å²) in [5.41, 5.74) is 6.07. The van der Waals surface area contributed by atoms with Crippen LogP contribution in [0.1, 0.15) is 24.6 Å². The van der Waals surface area contributed by atoms with Gasteiger partial charge < -0.3 is 5.73 Å². The molecule has 2 N–H and O–H groups in total. The summed E-state index contributed by atoms with van der Waals surface area (Å²) >= 11 is 6.05. The molecule has 0 radical (unpaired) electrons. The molecule has 1 aliphatic rings. The van der Waals surface area contributed by atoms with Crippen molar-refractivity contribution in [3.05, 3.63) is 17.2 Å². The van der Waals surface area contributed by atoms with Gasteiger partial charge in [-0.15, -0.1) is 5.10 Å². The van der Waals surface area contributed by atoms with E-state index >= 15 is 0 Å². The van der Waals surface area contributed by atoms with Crippen molar-refractivity contribution >= 4 is 23.1 Å². The molecule has 0 aliphatic carbocycles. The number of hydrogen-bond donors (Lipinski definition) is 1. The van der Waals surface area contributed by atoms with Crippen LogP contribution in [-0.2, 0) is 0 Å². The average Bonchev–Trinajstić information content (AvgIpc) is 2.74. The number of nitrogens with two attached hydrogens (primary N) is 1. The van der Waals surface area contributed by atoms with Crippen molar-refractivity contribution in [2.75, 3.05) is 25.4 Å². The molecule has 0 saturated carbocycles. The molecule has 0 amide bonds. The van der Waals surface area contributed by atoms with Gasteiger partial charge in [-0.05, 0) is 19.4 Å². The first-order valence-corrected chi connectivity index (χ1v) is 7.17. The van der Waals surface area contributed by atoms with Crippen LogP contribution >= 0.6 is 11.6 Å². The van der Waals surface area contributed by atoms with Gasteiger partial charge in [-0.25, -0.2) is 14.5 Å². The highest BCUT2D eigenvalue weighted by molar-refractivity contribution is 6.32. The zero-order valence-corrected chi connectivity index (χ0v) is 12.3. The molecule has 0 bridgehead atoms. The van der Waals surface area contributed by atoms with Crippen LogP contribution in [0.25, 0.3) is 5.52 Å². The van der Waals surface area contributed by atoms with E-state index in [0.29, 0.717) is 24.3 Å². The van der Waals surface area contributed by atoms with Crippen molar-refractivity contribution in [3.63, 3.8) is 0 Å². The van der Waals surface area contributed by atoms with Gasteiger partial charge in [0.25, 0.3) is 0 Å². The van der Waals surface area contributed by atoms with Gasteiger partial charge in [0.15, 0.2) is 5.15 Å². The van der Waals surface area contributed by atoms with Crippen LogP contribution in [-0.4, -0.2) is 50.3 Å². The second-order valence-electron chi connectivity index (χ2n) is 5.36. The molecule has 22 heavy (non-hydrogen) atoms. The molecule has 3 rings (SSSR count). The number of likely N-dealkylation sites (tertiary alicyclic amines) is 1. The minimum absolute atomic E-state index is 0.0609. The minimum atomic E-state index is -4.21. The standard InChI is InChI=1S/C12H14ClF3N6/c13-9-8-4-18-11(17)20-22(8)10(19-9)7-2-1-3-21(5-7)6-12(14,15)16/h4,7H,1-3,5-6H2,(H2,17,20).